The minimum Gasteiger partial charge on any atom is -0.461 e. The first-order chi connectivity index (χ1) is 23.7. The molecule has 0 saturated carbocycles. The van der Waals surface area contributed by atoms with Crippen LogP contribution in [0.4, 0.5) is 4.79 Å². The highest BCUT2D eigenvalue weighted by Gasteiger charge is 2.29. The lowest BCUT2D eigenvalue weighted by Gasteiger charge is -2.19. The number of rotatable bonds is 13. The van der Waals surface area contributed by atoms with Crippen LogP contribution < -0.4 is 9.50 Å². The van der Waals surface area contributed by atoms with Gasteiger partial charge < -0.3 is 19.0 Å². The van der Waals surface area contributed by atoms with E-state index in [2.05, 4.69) is 29.6 Å². The zero-order chi connectivity index (χ0) is 34.2. The molecule has 1 amide bonds. The molecule has 5 aromatic rings. The van der Waals surface area contributed by atoms with Gasteiger partial charge in [-0.2, -0.15) is 8.42 Å². The van der Waals surface area contributed by atoms with Crippen LogP contribution in [0, 0.1) is 12.8 Å². The molecule has 0 fully saturated rings. The quantitative estimate of drug-likeness (QED) is 0.101. The van der Waals surface area contributed by atoms with Crippen LogP contribution in [-0.4, -0.2) is 33.6 Å². The van der Waals surface area contributed by atoms with Crippen LogP contribution in [0.15, 0.2) is 132 Å². The molecule has 9 heteroatoms. The summed E-state index contributed by atoms with van der Waals surface area (Å²) in [7, 11) is -4.00. The molecule has 1 atom stereocenters. The van der Waals surface area contributed by atoms with E-state index in [0.717, 1.165) is 38.9 Å². The maximum absolute atomic E-state index is 13.0. The average molecular weight is 676 g/mol. The van der Waals surface area contributed by atoms with Gasteiger partial charge in [-0.3, -0.25) is 4.79 Å². The summed E-state index contributed by atoms with van der Waals surface area (Å²) in [6, 6.07) is 38.7. The number of benzene rings is 5. The van der Waals surface area contributed by atoms with Gasteiger partial charge in [0.25, 0.3) is 0 Å². The van der Waals surface area contributed by atoms with E-state index >= 15 is 0 Å². The number of ether oxygens (including phenoxy) is 2. The average Bonchev–Trinajstić information content (AvgIpc) is 3.43. The lowest BCUT2D eigenvalue weighted by atomic mass is 9.96. The van der Waals surface area contributed by atoms with E-state index in [4.69, 9.17) is 13.7 Å². The number of nitrogens with one attached hydrogen (secondary N) is 1. The molecule has 0 aliphatic heterocycles. The van der Waals surface area contributed by atoms with Gasteiger partial charge in [-0.05, 0) is 76.9 Å². The van der Waals surface area contributed by atoms with E-state index in [0.29, 0.717) is 6.42 Å². The molecular formula is C40H37NO7S. The molecule has 0 aromatic heterocycles. The highest BCUT2D eigenvalue weighted by atomic mass is 32.2. The van der Waals surface area contributed by atoms with Gasteiger partial charge in [0, 0.05) is 12.5 Å². The van der Waals surface area contributed by atoms with Crippen molar-refractivity contribution in [2.24, 2.45) is 5.92 Å². The molecule has 0 spiro atoms. The monoisotopic (exact) mass is 675 g/mol. The van der Waals surface area contributed by atoms with Gasteiger partial charge in [0.1, 0.15) is 23.9 Å². The van der Waals surface area contributed by atoms with Gasteiger partial charge in [-0.15, -0.1) is 0 Å². The molecule has 49 heavy (non-hydrogen) atoms. The van der Waals surface area contributed by atoms with E-state index in [-0.39, 0.29) is 48.7 Å². The first-order valence-electron chi connectivity index (χ1n) is 16.1. The van der Waals surface area contributed by atoms with Crippen LogP contribution in [0.3, 0.4) is 0 Å². The molecule has 0 saturated heterocycles. The third-order valence-corrected chi connectivity index (χ3v) is 9.80. The van der Waals surface area contributed by atoms with Crippen molar-refractivity contribution < 1.29 is 31.7 Å². The number of hydrogen-bond donors (Lipinski definition) is 1. The summed E-state index contributed by atoms with van der Waals surface area (Å²) in [4.78, 5) is 25.9. The van der Waals surface area contributed by atoms with E-state index in [1.165, 1.54) is 12.1 Å². The van der Waals surface area contributed by atoms with Crippen LogP contribution in [0.2, 0.25) is 0 Å². The summed E-state index contributed by atoms with van der Waals surface area (Å²) < 4.78 is 42.1. The van der Waals surface area contributed by atoms with Gasteiger partial charge in [0.2, 0.25) is 0 Å². The van der Waals surface area contributed by atoms with Gasteiger partial charge in [-0.25, -0.2) is 4.79 Å². The molecule has 1 unspecified atom stereocenters. The zero-order valence-corrected chi connectivity index (χ0v) is 27.9. The molecular weight excluding hydrogens is 639 g/mol. The largest absolute Gasteiger partial charge is 0.461 e. The van der Waals surface area contributed by atoms with Crippen molar-refractivity contribution in [2.75, 3.05) is 13.2 Å². The number of hydrogen-bond acceptors (Lipinski definition) is 7. The standard InChI is InChI=1S/C40H37NO7S/c1-28-15-21-33(22-16-28)49(44,45)48-32-19-17-29(18-20-32)23-31(24-39(42)46-26-30-9-3-2-4-10-30)25-41-40(43)47-27-38-36-13-7-5-11-34(36)35-12-6-8-14-37(35)38/h2-22,31,38H,23-27H2,1H3,(H,41,43). The minimum atomic E-state index is -4.00. The predicted molar refractivity (Wildman–Crippen MR) is 187 cm³/mol. The van der Waals surface area contributed by atoms with Gasteiger partial charge >= 0.3 is 22.2 Å². The van der Waals surface area contributed by atoms with Crippen molar-refractivity contribution >= 4 is 22.2 Å². The number of aryl methyl sites for hydroxylation is 1. The van der Waals surface area contributed by atoms with Gasteiger partial charge in [0.15, 0.2) is 0 Å². The van der Waals surface area contributed by atoms with Crippen LogP contribution >= 0.6 is 0 Å². The van der Waals surface area contributed by atoms with Crippen LogP contribution in [-0.2, 0) is 37.4 Å². The lowest BCUT2D eigenvalue weighted by molar-refractivity contribution is -0.146. The van der Waals surface area contributed by atoms with E-state index in [1.54, 1.807) is 36.4 Å². The Morgan fingerprint density at radius 1 is 0.714 bits per heavy atom. The maximum Gasteiger partial charge on any atom is 0.407 e. The Kier molecular flexibility index (Phi) is 10.4. The molecule has 6 rings (SSSR count). The Morgan fingerprint density at radius 2 is 1.33 bits per heavy atom. The van der Waals surface area contributed by atoms with Crippen LogP contribution in [0.25, 0.3) is 11.1 Å². The number of alkyl carbamates (subject to hydrolysis) is 1. The summed E-state index contributed by atoms with van der Waals surface area (Å²) in [5.41, 5.74) is 7.17. The number of fused-ring (bicyclic) bond motifs is 3. The van der Waals surface area contributed by atoms with E-state index < -0.39 is 22.2 Å². The van der Waals surface area contributed by atoms with Crippen molar-refractivity contribution in [2.45, 2.75) is 37.2 Å². The van der Waals surface area contributed by atoms with Crippen molar-refractivity contribution in [3.8, 4) is 16.9 Å². The molecule has 250 valence electrons. The first kappa shape index (κ1) is 33.5. The minimum absolute atomic E-state index is 0.0521. The topological polar surface area (TPSA) is 108 Å². The Hall–Kier alpha value is -5.41. The second kappa shape index (κ2) is 15.2. The number of amides is 1. The number of carbonyl (C=O) groups excluding carboxylic acids is 2. The molecule has 5 aromatic carbocycles. The summed E-state index contributed by atoms with van der Waals surface area (Å²) in [5.74, 6) is -0.628. The summed E-state index contributed by atoms with van der Waals surface area (Å²) >= 11 is 0. The number of esters is 1. The second-order valence-corrected chi connectivity index (χ2v) is 13.7. The molecule has 1 aliphatic rings. The highest BCUT2D eigenvalue weighted by molar-refractivity contribution is 7.87. The van der Waals surface area contributed by atoms with Crippen molar-refractivity contribution in [1.29, 1.82) is 0 Å². The third-order valence-electron chi connectivity index (χ3n) is 8.54. The zero-order valence-electron chi connectivity index (χ0n) is 27.1. The fourth-order valence-electron chi connectivity index (χ4n) is 6.02. The molecule has 0 heterocycles. The fourth-order valence-corrected chi connectivity index (χ4v) is 6.95. The smallest absolute Gasteiger partial charge is 0.407 e. The Labute approximate surface area is 286 Å². The normalized spacial score (nSPS) is 12.8. The Bertz CT molecular complexity index is 1970. The molecule has 1 N–H and O–H groups in total. The molecule has 1 aliphatic carbocycles. The second-order valence-electron chi connectivity index (χ2n) is 12.1. The van der Waals surface area contributed by atoms with Gasteiger partial charge in [-0.1, -0.05) is 109 Å². The summed E-state index contributed by atoms with van der Waals surface area (Å²) in [6.07, 6.45) is -0.111. The third kappa shape index (κ3) is 8.55. The fraction of sp³-hybridized carbons (Fsp3) is 0.200. The molecule has 8 nitrogen and oxygen atoms in total. The van der Waals surface area contributed by atoms with Crippen LogP contribution in [0.5, 0.6) is 5.75 Å². The first-order valence-corrected chi connectivity index (χ1v) is 17.5. The van der Waals surface area contributed by atoms with E-state index in [9.17, 15) is 18.0 Å². The van der Waals surface area contributed by atoms with Crippen molar-refractivity contribution in [3.63, 3.8) is 0 Å². The highest BCUT2D eigenvalue weighted by Crippen LogP contribution is 2.44. The molecule has 0 radical (unpaired) electrons. The lowest BCUT2D eigenvalue weighted by Crippen LogP contribution is -2.33. The summed E-state index contributed by atoms with van der Waals surface area (Å²) in [6.45, 7) is 2.36. The molecule has 0 bridgehead atoms. The number of carbonyl (C=O) groups is 2. The van der Waals surface area contributed by atoms with Crippen molar-refractivity contribution in [1.82, 2.24) is 5.32 Å². The predicted octanol–water partition coefficient (Wildman–Crippen LogP) is 7.59. The summed E-state index contributed by atoms with van der Waals surface area (Å²) in [5, 5.41) is 2.85. The Morgan fingerprint density at radius 3 is 1.98 bits per heavy atom. The SMILES string of the molecule is Cc1ccc(S(=O)(=O)Oc2ccc(CC(CNC(=O)OCC3c4ccccc4-c4ccccc43)CC(=O)OCc3ccccc3)cc2)cc1. The maximum atomic E-state index is 13.0. The van der Waals surface area contributed by atoms with Crippen molar-refractivity contribution in [3.05, 3.63) is 155 Å². The Balaban J connectivity index is 1.08. The van der Waals surface area contributed by atoms with Crippen LogP contribution in [0.1, 0.15) is 40.2 Å². The van der Waals surface area contributed by atoms with Gasteiger partial charge in [0.05, 0.1) is 6.42 Å². The van der Waals surface area contributed by atoms with E-state index in [1.807, 2.05) is 61.5 Å².